The van der Waals surface area contributed by atoms with Gasteiger partial charge in [0.05, 0.1) is 13.2 Å². The van der Waals surface area contributed by atoms with Crippen molar-refractivity contribution in [3.05, 3.63) is 95.6 Å². The van der Waals surface area contributed by atoms with Crippen LogP contribution in [0.25, 0.3) is 0 Å². The summed E-state index contributed by atoms with van der Waals surface area (Å²) in [7, 11) is 0. The summed E-state index contributed by atoms with van der Waals surface area (Å²) in [5.74, 6) is -0.434. The molecule has 0 amide bonds. The standard InChI is InChI=1S/C14H12O3.C13H18O3.C12H22O2/c15-13-9-5-4-8-12(13)14(16)17-10-11-6-2-1-3-7-11;1-2-3-4-7-10-16-13(15)11-8-5-6-9-12(11)14;1-2-3-9-14-12(13)10-11-7-5-4-6-8-11/h1-9,15H,10H2;5-6,8-9,14H,2-4,7,10H2,1H3;11H,2-10H2,1H3. The fourth-order valence-corrected chi connectivity index (χ4v) is 4.88. The number of aromatic hydroxyl groups is 2. The fourth-order valence-electron chi connectivity index (χ4n) is 4.88. The summed E-state index contributed by atoms with van der Waals surface area (Å²) >= 11 is 0. The molecule has 0 aromatic heterocycles. The number of unbranched alkanes of at least 4 members (excludes halogenated alkanes) is 4. The molecule has 256 valence electrons. The smallest absolute Gasteiger partial charge is 0.342 e. The minimum atomic E-state index is -0.521. The molecule has 1 fully saturated rings. The zero-order valence-electron chi connectivity index (χ0n) is 28.0. The first-order valence-electron chi connectivity index (χ1n) is 16.9. The second-order valence-corrected chi connectivity index (χ2v) is 11.6. The van der Waals surface area contributed by atoms with Crippen molar-refractivity contribution in [2.24, 2.45) is 5.92 Å². The first-order chi connectivity index (χ1) is 22.8. The number of rotatable bonds is 14. The Morgan fingerprint density at radius 1 is 0.617 bits per heavy atom. The Bertz CT molecular complexity index is 1300. The van der Waals surface area contributed by atoms with Crippen molar-refractivity contribution in [3.8, 4) is 11.5 Å². The van der Waals surface area contributed by atoms with Crippen LogP contribution < -0.4 is 0 Å². The van der Waals surface area contributed by atoms with Gasteiger partial charge in [-0.05, 0) is 61.4 Å². The molecule has 4 rings (SSSR count). The molecule has 1 aliphatic carbocycles. The van der Waals surface area contributed by atoms with E-state index in [4.69, 9.17) is 14.2 Å². The number of benzene rings is 3. The normalized spacial score (nSPS) is 12.4. The number of hydrogen-bond donors (Lipinski definition) is 2. The number of phenols is 2. The van der Waals surface area contributed by atoms with Gasteiger partial charge in [-0.1, -0.05) is 113 Å². The Morgan fingerprint density at radius 3 is 1.72 bits per heavy atom. The van der Waals surface area contributed by atoms with Crippen LogP contribution in [-0.2, 0) is 25.6 Å². The zero-order valence-corrected chi connectivity index (χ0v) is 28.0. The topological polar surface area (TPSA) is 119 Å². The summed E-state index contributed by atoms with van der Waals surface area (Å²) in [6, 6.07) is 22.1. The minimum Gasteiger partial charge on any atom is -0.507 e. The number of phenolic OH excluding ortho intramolecular Hbond substituents is 2. The zero-order chi connectivity index (χ0) is 34.1. The molecular weight excluding hydrogens is 596 g/mol. The van der Waals surface area contributed by atoms with Gasteiger partial charge in [-0.2, -0.15) is 0 Å². The number of esters is 3. The highest BCUT2D eigenvalue weighted by atomic mass is 16.5. The lowest BCUT2D eigenvalue weighted by Crippen LogP contribution is -2.14. The van der Waals surface area contributed by atoms with Crippen LogP contribution in [0.5, 0.6) is 11.5 Å². The van der Waals surface area contributed by atoms with Crippen LogP contribution in [-0.4, -0.2) is 41.3 Å². The number of carbonyl (C=O) groups is 3. The lowest BCUT2D eigenvalue weighted by atomic mass is 9.87. The maximum atomic E-state index is 11.7. The van der Waals surface area contributed by atoms with Crippen LogP contribution in [0.4, 0.5) is 0 Å². The van der Waals surface area contributed by atoms with E-state index in [1.54, 1.807) is 30.3 Å². The van der Waals surface area contributed by atoms with Crippen molar-refractivity contribution >= 4 is 17.9 Å². The van der Waals surface area contributed by atoms with Crippen molar-refractivity contribution < 1.29 is 38.8 Å². The predicted octanol–water partition coefficient (Wildman–Crippen LogP) is 9.18. The van der Waals surface area contributed by atoms with E-state index in [1.807, 2.05) is 30.3 Å². The quantitative estimate of drug-likeness (QED) is 0.101. The summed E-state index contributed by atoms with van der Waals surface area (Å²) in [4.78, 5) is 34.5. The monoisotopic (exact) mass is 648 g/mol. The number of hydrogen-bond acceptors (Lipinski definition) is 8. The van der Waals surface area contributed by atoms with Gasteiger partial charge in [-0.25, -0.2) is 9.59 Å². The second kappa shape index (κ2) is 23.9. The van der Waals surface area contributed by atoms with Crippen LogP contribution in [0.15, 0.2) is 78.9 Å². The summed E-state index contributed by atoms with van der Waals surface area (Å²) in [6.45, 7) is 5.48. The third-order valence-corrected chi connectivity index (χ3v) is 7.63. The fraction of sp³-hybridized carbons (Fsp3) is 0.462. The molecule has 1 saturated carbocycles. The van der Waals surface area contributed by atoms with E-state index < -0.39 is 11.9 Å². The van der Waals surface area contributed by atoms with E-state index in [9.17, 15) is 24.6 Å². The van der Waals surface area contributed by atoms with Gasteiger partial charge in [-0.15, -0.1) is 0 Å². The largest absolute Gasteiger partial charge is 0.507 e. The summed E-state index contributed by atoms with van der Waals surface area (Å²) in [5.41, 5.74) is 1.33. The molecule has 0 radical (unpaired) electrons. The van der Waals surface area contributed by atoms with E-state index in [0.29, 0.717) is 25.6 Å². The Labute approximate surface area is 280 Å². The third kappa shape index (κ3) is 16.7. The van der Waals surface area contributed by atoms with E-state index >= 15 is 0 Å². The molecule has 1 aliphatic rings. The Kier molecular flexibility index (Phi) is 19.8. The van der Waals surface area contributed by atoms with Gasteiger partial charge >= 0.3 is 17.9 Å². The molecule has 0 heterocycles. The van der Waals surface area contributed by atoms with Crippen LogP contribution in [0.3, 0.4) is 0 Å². The van der Waals surface area contributed by atoms with Crippen molar-refractivity contribution in [2.75, 3.05) is 13.2 Å². The van der Waals surface area contributed by atoms with Crippen LogP contribution >= 0.6 is 0 Å². The van der Waals surface area contributed by atoms with Gasteiger partial charge in [0.2, 0.25) is 0 Å². The molecule has 0 aliphatic heterocycles. The van der Waals surface area contributed by atoms with Crippen LogP contribution in [0.2, 0.25) is 0 Å². The van der Waals surface area contributed by atoms with Crippen molar-refractivity contribution in [1.82, 2.24) is 0 Å². The number of para-hydroxylation sites is 2. The van der Waals surface area contributed by atoms with Crippen LogP contribution in [0, 0.1) is 5.92 Å². The number of ether oxygens (including phenoxy) is 3. The average Bonchev–Trinajstić information content (AvgIpc) is 3.09. The summed E-state index contributed by atoms with van der Waals surface area (Å²) in [5, 5.41) is 18.9. The molecule has 2 N–H and O–H groups in total. The molecule has 0 spiro atoms. The highest BCUT2D eigenvalue weighted by molar-refractivity contribution is 5.92. The van der Waals surface area contributed by atoms with Gasteiger partial charge in [0, 0.05) is 6.42 Å². The van der Waals surface area contributed by atoms with Gasteiger partial charge in [0.25, 0.3) is 0 Å². The van der Waals surface area contributed by atoms with Crippen molar-refractivity contribution in [2.45, 2.75) is 97.5 Å². The first-order valence-corrected chi connectivity index (χ1v) is 16.9. The highest BCUT2D eigenvalue weighted by Crippen LogP contribution is 2.26. The van der Waals surface area contributed by atoms with Gasteiger partial charge in [-0.3, -0.25) is 4.79 Å². The second-order valence-electron chi connectivity index (χ2n) is 11.6. The summed E-state index contributed by atoms with van der Waals surface area (Å²) < 4.78 is 15.3. The van der Waals surface area contributed by atoms with Gasteiger partial charge < -0.3 is 24.4 Å². The third-order valence-electron chi connectivity index (χ3n) is 7.63. The molecule has 0 saturated heterocycles. The van der Waals surface area contributed by atoms with Gasteiger partial charge in [0.15, 0.2) is 0 Å². The number of carbonyl (C=O) groups excluding carboxylic acids is 3. The maximum absolute atomic E-state index is 11.7. The van der Waals surface area contributed by atoms with Gasteiger partial charge in [0.1, 0.15) is 29.2 Å². The summed E-state index contributed by atoms with van der Waals surface area (Å²) in [6.07, 6.45) is 13.4. The van der Waals surface area contributed by atoms with Crippen molar-refractivity contribution in [1.29, 1.82) is 0 Å². The minimum absolute atomic E-state index is 0.0188. The maximum Gasteiger partial charge on any atom is 0.342 e. The van der Waals surface area contributed by atoms with E-state index in [2.05, 4.69) is 13.8 Å². The molecule has 47 heavy (non-hydrogen) atoms. The Balaban J connectivity index is 0.000000246. The SMILES string of the molecule is CCCCCCOC(=O)c1ccccc1O.CCCCOC(=O)CC1CCCCC1.O=C(OCc1ccccc1)c1ccccc1O. The lowest BCUT2D eigenvalue weighted by Gasteiger charge is -2.20. The van der Waals surface area contributed by atoms with Crippen LogP contribution in [0.1, 0.15) is 117 Å². The Hall–Kier alpha value is -4.33. The first kappa shape index (κ1) is 38.9. The molecule has 0 atom stereocenters. The molecule has 0 unspecified atom stereocenters. The highest BCUT2D eigenvalue weighted by Gasteiger charge is 2.17. The molecule has 0 bridgehead atoms. The van der Waals surface area contributed by atoms with Crippen molar-refractivity contribution in [3.63, 3.8) is 0 Å². The Morgan fingerprint density at radius 2 is 1.15 bits per heavy atom. The molecule has 8 heteroatoms. The van der Waals surface area contributed by atoms with E-state index in [0.717, 1.165) is 44.1 Å². The van der Waals surface area contributed by atoms with E-state index in [1.165, 1.54) is 50.3 Å². The molecular formula is C39H52O8. The lowest BCUT2D eigenvalue weighted by molar-refractivity contribution is -0.145. The molecule has 8 nitrogen and oxygen atoms in total. The predicted molar refractivity (Wildman–Crippen MR) is 183 cm³/mol. The average molecular weight is 649 g/mol. The molecule has 3 aromatic rings. The molecule has 3 aromatic carbocycles. The van der Waals surface area contributed by atoms with E-state index in [-0.39, 0.29) is 35.2 Å².